The lowest BCUT2D eigenvalue weighted by Crippen LogP contribution is -2.24. The molecule has 11 heteroatoms. The minimum Gasteiger partial charge on any atom is -0.466 e. The van der Waals surface area contributed by atoms with Crippen molar-refractivity contribution in [3.05, 3.63) is 12.7 Å². The Bertz CT molecular complexity index is 346. The summed E-state index contributed by atoms with van der Waals surface area (Å²) < 4.78 is 23.5. The van der Waals surface area contributed by atoms with E-state index in [0.29, 0.717) is 13.2 Å². The molecule has 146 valence electrons. The van der Waals surface area contributed by atoms with Crippen LogP contribution in [0.25, 0.3) is 0 Å². The lowest BCUT2D eigenvalue weighted by Gasteiger charge is -2.16. The van der Waals surface area contributed by atoms with Gasteiger partial charge in [-0.2, -0.15) is 0 Å². The van der Waals surface area contributed by atoms with Crippen molar-refractivity contribution in [1.82, 2.24) is 0 Å². The van der Waals surface area contributed by atoms with Gasteiger partial charge in [0.25, 0.3) is 0 Å². The number of esters is 1. The Morgan fingerprint density at radius 1 is 1.12 bits per heavy atom. The highest BCUT2D eigenvalue weighted by Gasteiger charge is 2.07. The first-order valence-electron chi connectivity index (χ1n) is 6.88. The molecule has 0 aliphatic carbocycles. The van der Waals surface area contributed by atoms with Gasteiger partial charge in [0, 0.05) is 6.08 Å². The Morgan fingerprint density at radius 3 is 1.79 bits per heavy atom. The molecule has 0 aliphatic rings. The highest BCUT2D eigenvalue weighted by molar-refractivity contribution is 7.45. The zero-order chi connectivity index (χ0) is 19.8. The molecule has 0 aromatic carbocycles. The van der Waals surface area contributed by atoms with E-state index in [1.165, 1.54) is 7.11 Å². The van der Waals surface area contributed by atoms with Crippen LogP contribution in [0.3, 0.4) is 0 Å². The number of hydrogen-bond donors (Lipinski definition) is 5. The fourth-order valence-electron chi connectivity index (χ4n) is 0.787. The Hall–Kier alpha value is -0.840. The number of hydrogen-bond acceptors (Lipinski definition) is 7. The molecule has 0 amide bonds. The van der Waals surface area contributed by atoms with Gasteiger partial charge >= 0.3 is 13.8 Å². The topological polar surface area (TPSA) is 163 Å². The van der Waals surface area contributed by atoms with E-state index in [4.69, 9.17) is 38.9 Å². The summed E-state index contributed by atoms with van der Waals surface area (Å²) in [5, 5.41) is 17.6. The number of aliphatic hydroxyl groups excluding tert-OH is 2. The molecule has 0 aromatic rings. The maximum Gasteiger partial charge on any atom is 0.466 e. The maximum atomic E-state index is 9.84. The van der Waals surface area contributed by atoms with Crippen LogP contribution in [-0.4, -0.2) is 76.1 Å². The summed E-state index contributed by atoms with van der Waals surface area (Å²) in [5.74, 6) is -0.394. The molecule has 0 spiro atoms. The van der Waals surface area contributed by atoms with Crippen LogP contribution in [0.4, 0.5) is 0 Å². The Labute approximate surface area is 141 Å². The van der Waals surface area contributed by atoms with E-state index in [-0.39, 0.29) is 18.8 Å². The molecule has 0 rings (SSSR count). The van der Waals surface area contributed by atoms with Gasteiger partial charge in [0.05, 0.1) is 45.2 Å². The van der Waals surface area contributed by atoms with Crippen molar-refractivity contribution in [3.8, 4) is 0 Å². The normalized spacial score (nSPS) is 14.0. The summed E-state index contributed by atoms with van der Waals surface area (Å²) >= 11 is 0. The molecule has 24 heavy (non-hydrogen) atoms. The molecule has 10 nitrogen and oxygen atoms in total. The van der Waals surface area contributed by atoms with Crippen LogP contribution in [0, 0.1) is 0 Å². The van der Waals surface area contributed by atoms with E-state index < -0.39 is 19.9 Å². The van der Waals surface area contributed by atoms with Crippen molar-refractivity contribution in [2.75, 3.05) is 26.9 Å². The third-order valence-corrected chi connectivity index (χ3v) is 1.86. The molecule has 0 aliphatic heterocycles. The molecule has 3 atom stereocenters. The number of ether oxygens (including phenoxy) is 3. The number of aliphatic hydroxyl groups is 2. The SMILES string of the molecule is C=CC(=O)OC.CC(O)COC(C)COC(C)CO.O=P(O)(O)O. The van der Waals surface area contributed by atoms with Crippen molar-refractivity contribution in [1.29, 1.82) is 0 Å². The van der Waals surface area contributed by atoms with E-state index in [0.717, 1.165) is 6.08 Å². The number of phosphoric acid groups is 1. The average Bonchev–Trinajstić information content (AvgIpc) is 2.48. The smallest absolute Gasteiger partial charge is 0.466 e. The molecular weight excluding hydrogens is 347 g/mol. The monoisotopic (exact) mass is 376 g/mol. The highest BCUT2D eigenvalue weighted by atomic mass is 31.2. The summed E-state index contributed by atoms with van der Waals surface area (Å²) in [6.45, 7) is 9.26. The van der Waals surface area contributed by atoms with Crippen LogP contribution in [0.5, 0.6) is 0 Å². The number of carbonyl (C=O) groups is 1. The molecule has 0 radical (unpaired) electrons. The molecule has 0 aromatic heterocycles. The number of carbonyl (C=O) groups excluding carboxylic acids is 1. The van der Waals surface area contributed by atoms with Crippen LogP contribution in [0.2, 0.25) is 0 Å². The van der Waals surface area contributed by atoms with Crippen molar-refractivity contribution < 1.29 is 48.5 Å². The fraction of sp³-hybridized carbons (Fsp3) is 0.769. The summed E-state index contributed by atoms with van der Waals surface area (Å²) in [5.41, 5.74) is 0. The fourth-order valence-corrected chi connectivity index (χ4v) is 0.787. The lowest BCUT2D eigenvalue weighted by molar-refractivity contribution is -0.134. The Kier molecular flexibility index (Phi) is 19.8. The second-order valence-electron chi connectivity index (χ2n) is 4.56. The van der Waals surface area contributed by atoms with E-state index >= 15 is 0 Å². The molecule has 0 bridgehead atoms. The van der Waals surface area contributed by atoms with Crippen molar-refractivity contribution in [2.45, 2.75) is 39.1 Å². The summed E-state index contributed by atoms with van der Waals surface area (Å²) in [6.07, 6.45) is 0.457. The molecular formula is C13H29O10P. The lowest BCUT2D eigenvalue weighted by atomic mass is 10.4. The molecule has 3 unspecified atom stereocenters. The Balaban J connectivity index is -0.000000332. The minimum atomic E-state index is -4.64. The number of methoxy groups -OCH3 is 1. The zero-order valence-corrected chi connectivity index (χ0v) is 15.3. The first kappa shape index (κ1) is 28.0. The van der Waals surface area contributed by atoms with Gasteiger partial charge < -0.3 is 39.1 Å². The second-order valence-corrected chi connectivity index (χ2v) is 5.59. The zero-order valence-electron chi connectivity index (χ0n) is 14.4. The molecule has 0 heterocycles. The minimum absolute atomic E-state index is 0.0170. The molecule has 0 saturated heterocycles. The standard InChI is InChI=1S/C9H20O4.C4H6O2.H3O4P/c1-7(11)5-12-9(3)6-13-8(2)4-10;1-3-4(5)6-2;1-5(2,3)4/h7-11H,4-6H2,1-3H3;3H,1H2,2H3;(H3,1,2,3,4). The first-order valence-corrected chi connectivity index (χ1v) is 8.44. The average molecular weight is 376 g/mol. The highest BCUT2D eigenvalue weighted by Crippen LogP contribution is 2.25. The van der Waals surface area contributed by atoms with Crippen LogP contribution < -0.4 is 0 Å². The van der Waals surface area contributed by atoms with Crippen LogP contribution in [-0.2, 0) is 23.6 Å². The predicted octanol–water partition coefficient (Wildman–Crippen LogP) is -0.413. The quantitative estimate of drug-likeness (QED) is 0.214. The third kappa shape index (κ3) is 37.4. The molecule has 0 fully saturated rings. The van der Waals surface area contributed by atoms with Crippen molar-refractivity contribution in [2.24, 2.45) is 0 Å². The first-order chi connectivity index (χ1) is 10.9. The van der Waals surface area contributed by atoms with Gasteiger partial charge in [0.2, 0.25) is 0 Å². The van der Waals surface area contributed by atoms with Crippen LogP contribution in [0.15, 0.2) is 12.7 Å². The van der Waals surface area contributed by atoms with Crippen LogP contribution in [0.1, 0.15) is 20.8 Å². The van der Waals surface area contributed by atoms with Gasteiger partial charge in [-0.25, -0.2) is 9.36 Å². The van der Waals surface area contributed by atoms with Gasteiger partial charge in [0.1, 0.15) is 0 Å². The summed E-state index contributed by atoms with van der Waals surface area (Å²) in [6, 6.07) is 0. The summed E-state index contributed by atoms with van der Waals surface area (Å²) in [7, 11) is -3.33. The third-order valence-electron chi connectivity index (χ3n) is 1.86. The largest absolute Gasteiger partial charge is 0.466 e. The van der Waals surface area contributed by atoms with Gasteiger partial charge in [-0.15, -0.1) is 0 Å². The molecule has 0 saturated carbocycles. The van der Waals surface area contributed by atoms with E-state index in [1.54, 1.807) is 13.8 Å². The second kappa shape index (κ2) is 17.0. The van der Waals surface area contributed by atoms with E-state index in [1.807, 2.05) is 6.92 Å². The van der Waals surface area contributed by atoms with Crippen LogP contribution >= 0.6 is 7.82 Å². The van der Waals surface area contributed by atoms with Gasteiger partial charge in [0.15, 0.2) is 0 Å². The predicted molar refractivity (Wildman–Crippen MR) is 86.1 cm³/mol. The Morgan fingerprint density at radius 2 is 1.54 bits per heavy atom. The van der Waals surface area contributed by atoms with Gasteiger partial charge in [-0.05, 0) is 20.8 Å². The summed E-state index contributed by atoms with van der Waals surface area (Å²) in [4.78, 5) is 31.4. The van der Waals surface area contributed by atoms with Gasteiger partial charge in [-0.3, -0.25) is 0 Å². The molecule has 5 N–H and O–H groups in total. The van der Waals surface area contributed by atoms with E-state index in [2.05, 4.69) is 11.3 Å². The maximum absolute atomic E-state index is 9.84. The number of rotatable bonds is 8. The van der Waals surface area contributed by atoms with E-state index in [9.17, 15) is 4.79 Å². The van der Waals surface area contributed by atoms with Crippen molar-refractivity contribution >= 4 is 13.8 Å². The van der Waals surface area contributed by atoms with Crippen molar-refractivity contribution in [3.63, 3.8) is 0 Å². The van der Waals surface area contributed by atoms with Gasteiger partial charge in [-0.1, -0.05) is 6.58 Å².